The maximum atomic E-state index is 14.9. The molecule has 15 heteroatoms. The molecule has 6 N–H and O–H groups in total. The molecule has 2 heterocycles. The monoisotopic (exact) mass is 1110 g/mol. The number of aliphatic carboxylic acids is 1. The molecule has 11 nitrogen and oxygen atoms in total. The van der Waals surface area contributed by atoms with Gasteiger partial charge in [-0.3, -0.25) is 19.2 Å². The lowest BCUT2D eigenvalue weighted by molar-refractivity contribution is -0.145. The molecule has 4 fully saturated rings. The fourth-order valence-electron chi connectivity index (χ4n) is 11.6. The van der Waals surface area contributed by atoms with Crippen molar-refractivity contribution >= 4 is 69.6 Å². The maximum absolute atomic E-state index is 14.9. The van der Waals surface area contributed by atoms with Crippen LogP contribution in [0.15, 0.2) is 121 Å². The van der Waals surface area contributed by atoms with Crippen LogP contribution in [0.2, 0.25) is 10.0 Å². The van der Waals surface area contributed by atoms with E-state index in [1.807, 2.05) is 86.6 Å². The summed E-state index contributed by atoms with van der Waals surface area (Å²) in [5.41, 5.74) is 13.6. The Morgan fingerprint density at radius 2 is 0.937 bits per heavy atom. The number of hydrogen-bond acceptors (Lipinski definition) is 7. The number of hydrogen-bond donors (Lipinski definition) is 5. The number of carboxylic acid groups (broad SMARTS) is 1. The number of halogens is 4. The van der Waals surface area contributed by atoms with Crippen molar-refractivity contribution in [2.45, 2.75) is 129 Å². The molecule has 6 aromatic rings. The van der Waals surface area contributed by atoms with Gasteiger partial charge in [0.15, 0.2) is 0 Å². The van der Waals surface area contributed by atoms with Crippen molar-refractivity contribution in [3.8, 4) is 0 Å². The van der Waals surface area contributed by atoms with Gasteiger partial charge in [-0.15, -0.1) is 0 Å². The predicted molar refractivity (Wildman–Crippen MR) is 313 cm³/mol. The van der Waals surface area contributed by atoms with E-state index >= 15 is 0 Å². The lowest BCUT2D eigenvalue weighted by atomic mass is 9.83. The Hall–Kier alpha value is -6.96. The van der Waals surface area contributed by atoms with Gasteiger partial charge in [-0.05, 0) is 173 Å². The van der Waals surface area contributed by atoms with E-state index < -0.39 is 47.4 Å². The van der Waals surface area contributed by atoms with Crippen molar-refractivity contribution in [2.75, 3.05) is 34.8 Å². The van der Waals surface area contributed by atoms with E-state index in [1.54, 1.807) is 60.0 Å². The minimum Gasteiger partial charge on any atom is -0.481 e. The van der Waals surface area contributed by atoms with Crippen LogP contribution in [-0.2, 0) is 9.59 Å². The average Bonchev–Trinajstić information content (AvgIpc) is 4.25. The van der Waals surface area contributed by atoms with Crippen LogP contribution in [0.4, 0.5) is 31.5 Å². The molecule has 0 bridgehead atoms. The zero-order valence-electron chi connectivity index (χ0n) is 45.5. The molecule has 0 unspecified atom stereocenters. The lowest BCUT2D eigenvalue weighted by Crippen LogP contribution is -2.46. The standard InChI is InChI=1S/C32H35ClFN3O2.C25H29FN2O3.C7H8ClN/c1-20-12-15-25(19-27(20)33)36-31(38)26-10-6-18-37(32(39)29-21(2)7-5-11-28(29)34)30(26)22-13-16-24(17-14-22)35-23-8-3-4-9-23;1-16-6-4-10-21(26)22(16)24(29)28-15-5-9-20(25(30)31)23(28)17-11-13-19(14-12-17)27-18-7-2-3-8-18;1-5-2-3-6(9)4-7(5)8/h5,7,11-17,19,23,26,30,35H,3-4,6,8-10,18H2,1-2H3,(H,36,38);4,6,10-14,18,20,23,27H,2-3,5,7-9,15H2,1H3,(H,30,31);2-4H,9H2,1H3/t26-,30-;20-,23-;/m00./s1. The van der Waals surface area contributed by atoms with Gasteiger partial charge in [0.05, 0.1) is 35.0 Å². The summed E-state index contributed by atoms with van der Waals surface area (Å²) in [7, 11) is 0. The third-order valence-electron chi connectivity index (χ3n) is 15.9. The van der Waals surface area contributed by atoms with Crippen LogP contribution in [0.5, 0.6) is 0 Å². The van der Waals surface area contributed by atoms with Crippen LogP contribution in [-0.4, -0.2) is 63.8 Å². The normalized spacial score (nSPS) is 19.3. The molecule has 10 rings (SSSR count). The van der Waals surface area contributed by atoms with Crippen molar-refractivity contribution in [3.63, 3.8) is 0 Å². The van der Waals surface area contributed by atoms with E-state index in [1.165, 1.54) is 50.7 Å². The summed E-state index contributed by atoms with van der Waals surface area (Å²) in [6.45, 7) is 8.15. The van der Waals surface area contributed by atoms with Crippen LogP contribution in [0.25, 0.3) is 0 Å². The molecule has 6 aromatic carbocycles. The number of nitrogens with two attached hydrogens (primary N) is 1. The number of likely N-dealkylation sites (tertiary alicyclic amines) is 2. The van der Waals surface area contributed by atoms with Crippen LogP contribution in [0.1, 0.15) is 143 Å². The minimum atomic E-state index is -0.930. The summed E-state index contributed by atoms with van der Waals surface area (Å²) in [6.07, 6.45) is 11.9. The molecule has 2 aliphatic heterocycles. The van der Waals surface area contributed by atoms with Gasteiger partial charge >= 0.3 is 5.97 Å². The fraction of sp³-hybridized carbons (Fsp3) is 0.375. The Kier molecular flexibility index (Phi) is 19.7. The minimum absolute atomic E-state index is 0.0260. The first-order valence-corrected chi connectivity index (χ1v) is 28.4. The van der Waals surface area contributed by atoms with Gasteiger partial charge in [-0.1, -0.05) is 110 Å². The van der Waals surface area contributed by atoms with Crippen molar-refractivity contribution in [1.82, 2.24) is 9.80 Å². The number of carbonyl (C=O) groups excluding carboxylic acids is 3. The number of nitrogens with zero attached hydrogens (tertiary/aromatic N) is 2. The van der Waals surface area contributed by atoms with Crippen LogP contribution < -0.4 is 21.7 Å². The number of nitrogens with one attached hydrogen (secondary N) is 3. The highest BCUT2D eigenvalue weighted by Crippen LogP contribution is 2.41. The number of benzene rings is 6. The molecule has 0 aromatic heterocycles. The van der Waals surface area contributed by atoms with Gasteiger partial charge in [-0.2, -0.15) is 0 Å². The number of aryl methyl sites for hydroxylation is 4. The lowest BCUT2D eigenvalue weighted by Gasteiger charge is -2.41. The first kappa shape index (κ1) is 58.2. The van der Waals surface area contributed by atoms with Crippen LogP contribution in [0, 0.1) is 51.2 Å². The largest absolute Gasteiger partial charge is 0.481 e. The van der Waals surface area contributed by atoms with Crippen molar-refractivity contribution in [1.29, 1.82) is 0 Å². The van der Waals surface area contributed by atoms with Crippen LogP contribution in [0.3, 0.4) is 0 Å². The second kappa shape index (κ2) is 26.8. The topological polar surface area (TPSA) is 157 Å². The quantitative estimate of drug-likeness (QED) is 0.0803. The summed E-state index contributed by atoms with van der Waals surface area (Å²) in [5, 5.41) is 21.3. The fourth-order valence-corrected chi connectivity index (χ4v) is 11.9. The number of piperidine rings is 2. The van der Waals surface area contributed by atoms with Gasteiger partial charge in [0.25, 0.3) is 11.8 Å². The first-order valence-electron chi connectivity index (χ1n) is 27.6. The Labute approximate surface area is 473 Å². The molecular formula is C64H72Cl2F2N6O5. The van der Waals surface area contributed by atoms with Crippen molar-refractivity contribution < 1.29 is 33.1 Å². The van der Waals surface area contributed by atoms with E-state index in [0.29, 0.717) is 78.4 Å². The van der Waals surface area contributed by atoms with Crippen molar-refractivity contribution in [3.05, 3.63) is 188 Å². The number of carbonyl (C=O) groups is 4. The molecule has 2 saturated heterocycles. The Morgan fingerprint density at radius 1 is 0.519 bits per heavy atom. The van der Waals surface area contributed by atoms with E-state index in [-0.39, 0.29) is 22.9 Å². The molecule has 3 amide bonds. The molecule has 4 atom stereocenters. The number of anilines is 4. The number of rotatable bonds is 11. The Bertz CT molecular complexity index is 3070. The molecule has 2 aliphatic carbocycles. The summed E-state index contributed by atoms with van der Waals surface area (Å²) in [5.74, 6) is -4.30. The number of nitrogen functional groups attached to an aromatic ring is 1. The van der Waals surface area contributed by atoms with Gasteiger partial charge in [0.1, 0.15) is 11.6 Å². The average molecular weight is 1110 g/mol. The van der Waals surface area contributed by atoms with E-state index in [0.717, 1.165) is 51.5 Å². The van der Waals surface area contributed by atoms with E-state index in [4.69, 9.17) is 28.9 Å². The SMILES string of the molecule is Cc1ccc(N)cc1Cl.Cc1ccc(NC(=O)[C@H]2CCCN(C(=O)c3c(C)cccc3F)[C@H]2c2ccc(NC3CCCC3)cc2)cc1Cl.Cc1cccc(F)c1C(=O)N1CCC[C@H](C(=O)O)[C@@H]1c1ccc(NC2CCCC2)cc1. The smallest absolute Gasteiger partial charge is 0.308 e. The first-order chi connectivity index (χ1) is 38.0. The molecule has 416 valence electrons. The van der Waals surface area contributed by atoms with Gasteiger partial charge < -0.3 is 36.6 Å². The van der Waals surface area contributed by atoms with Crippen LogP contribution >= 0.6 is 23.2 Å². The summed E-state index contributed by atoms with van der Waals surface area (Å²) in [4.78, 5) is 56.2. The zero-order valence-corrected chi connectivity index (χ0v) is 47.0. The Morgan fingerprint density at radius 3 is 1.35 bits per heavy atom. The van der Waals surface area contributed by atoms with E-state index in [2.05, 4.69) is 16.0 Å². The molecule has 2 saturated carbocycles. The summed E-state index contributed by atoms with van der Waals surface area (Å²) in [6, 6.07) is 35.7. The molecule has 0 radical (unpaired) electrons. The van der Waals surface area contributed by atoms with Gasteiger partial charge in [0.2, 0.25) is 5.91 Å². The highest BCUT2D eigenvalue weighted by Gasteiger charge is 2.42. The third-order valence-corrected chi connectivity index (χ3v) is 16.7. The summed E-state index contributed by atoms with van der Waals surface area (Å²) < 4.78 is 29.4. The molecular weight excluding hydrogens is 1040 g/mol. The second-order valence-corrected chi connectivity index (χ2v) is 22.4. The highest BCUT2D eigenvalue weighted by molar-refractivity contribution is 6.32. The number of amides is 3. The van der Waals surface area contributed by atoms with Crippen molar-refractivity contribution in [2.24, 2.45) is 11.8 Å². The molecule has 0 spiro atoms. The van der Waals surface area contributed by atoms with Gasteiger partial charge in [-0.25, -0.2) is 8.78 Å². The predicted octanol–water partition coefficient (Wildman–Crippen LogP) is 15.1. The summed E-state index contributed by atoms with van der Waals surface area (Å²) >= 11 is 12.0. The molecule has 4 aliphatic rings. The van der Waals surface area contributed by atoms with Gasteiger partial charge in [0, 0.05) is 58.0 Å². The molecule has 79 heavy (non-hydrogen) atoms. The number of carboxylic acids is 1. The Balaban J connectivity index is 0.000000183. The zero-order chi connectivity index (χ0) is 56.3. The third kappa shape index (κ3) is 14.5. The van der Waals surface area contributed by atoms with E-state index in [9.17, 15) is 33.1 Å². The second-order valence-electron chi connectivity index (χ2n) is 21.5. The maximum Gasteiger partial charge on any atom is 0.308 e. The highest BCUT2D eigenvalue weighted by atomic mass is 35.5.